The van der Waals surface area contributed by atoms with Gasteiger partial charge < -0.3 is 9.47 Å². The quantitative estimate of drug-likeness (QED) is 0.0577. The highest BCUT2D eigenvalue weighted by molar-refractivity contribution is 5.73. The minimum atomic E-state index is -0.232. The van der Waals surface area contributed by atoms with Gasteiger partial charge in [-0.15, -0.1) is 23.7 Å². The Labute approximate surface area is 222 Å². The van der Waals surface area contributed by atoms with Crippen molar-refractivity contribution in [2.24, 2.45) is 0 Å². The molecule has 0 amide bonds. The zero-order chi connectivity index (χ0) is 26.4. The molecule has 0 saturated heterocycles. The predicted molar refractivity (Wildman–Crippen MR) is 150 cm³/mol. The van der Waals surface area contributed by atoms with Crippen LogP contribution in [0.1, 0.15) is 142 Å². The summed E-state index contributed by atoms with van der Waals surface area (Å²) in [5.41, 5.74) is 0. The Morgan fingerprint density at radius 3 is 1.14 bits per heavy atom. The Balaban J connectivity index is 3.39. The third-order valence-corrected chi connectivity index (χ3v) is 6.01. The number of hydrogen-bond donors (Lipinski definition) is 0. The van der Waals surface area contributed by atoms with Gasteiger partial charge in [0.15, 0.2) is 0 Å². The van der Waals surface area contributed by atoms with Crippen LogP contribution in [-0.4, -0.2) is 25.2 Å². The number of carbonyl (C=O) groups is 2. The molecule has 0 aromatic rings. The minimum absolute atomic E-state index is 0.210. The Morgan fingerprint density at radius 1 is 0.500 bits per heavy atom. The fraction of sp³-hybridized carbons (Fsp3) is 0.750. The van der Waals surface area contributed by atoms with Gasteiger partial charge in [-0.1, -0.05) is 89.2 Å². The highest BCUT2D eigenvalue weighted by Crippen LogP contribution is 2.11. The van der Waals surface area contributed by atoms with E-state index in [1.54, 1.807) is 12.2 Å². The first-order chi connectivity index (χ1) is 17.7. The zero-order valence-corrected chi connectivity index (χ0v) is 23.3. The van der Waals surface area contributed by atoms with Crippen LogP contribution in [0.3, 0.4) is 0 Å². The molecule has 0 N–H and O–H groups in total. The first-order valence-corrected chi connectivity index (χ1v) is 14.5. The lowest BCUT2D eigenvalue weighted by atomic mass is 10.1. The summed E-state index contributed by atoms with van der Waals surface area (Å²) in [4.78, 5) is 23.5. The van der Waals surface area contributed by atoms with E-state index < -0.39 is 0 Å². The average Bonchev–Trinajstić information content (AvgIpc) is 2.88. The molecule has 0 bridgehead atoms. The molecule has 204 valence electrons. The van der Waals surface area contributed by atoms with Crippen LogP contribution in [0.15, 0.2) is 12.2 Å². The first kappa shape index (κ1) is 33.8. The van der Waals surface area contributed by atoms with E-state index in [-0.39, 0.29) is 24.8 Å². The van der Waals surface area contributed by atoms with Crippen molar-refractivity contribution in [2.75, 3.05) is 13.2 Å². The van der Waals surface area contributed by atoms with Gasteiger partial charge in [-0.2, -0.15) is 0 Å². The maximum absolute atomic E-state index is 11.8. The molecular weight excluding hydrogens is 448 g/mol. The van der Waals surface area contributed by atoms with Crippen LogP contribution in [0, 0.1) is 23.7 Å². The monoisotopic (exact) mass is 500 g/mol. The van der Waals surface area contributed by atoms with E-state index in [1.165, 1.54) is 77.0 Å². The van der Waals surface area contributed by atoms with Crippen molar-refractivity contribution in [2.45, 2.75) is 142 Å². The van der Waals surface area contributed by atoms with Crippen LogP contribution in [0.25, 0.3) is 0 Å². The number of esters is 2. The molecule has 0 saturated carbocycles. The summed E-state index contributed by atoms with van der Waals surface area (Å²) in [6.07, 6.45) is 24.9. The molecule has 0 spiro atoms. The molecule has 4 heteroatoms. The van der Waals surface area contributed by atoms with E-state index in [9.17, 15) is 9.59 Å². The van der Waals surface area contributed by atoms with Gasteiger partial charge in [0.2, 0.25) is 0 Å². The van der Waals surface area contributed by atoms with Gasteiger partial charge in [0.05, 0.1) is 26.1 Å². The van der Waals surface area contributed by atoms with E-state index in [0.29, 0.717) is 13.2 Å². The van der Waals surface area contributed by atoms with Gasteiger partial charge in [0, 0.05) is 12.8 Å². The van der Waals surface area contributed by atoms with Crippen molar-refractivity contribution in [1.82, 2.24) is 0 Å². The summed E-state index contributed by atoms with van der Waals surface area (Å²) >= 11 is 0. The van der Waals surface area contributed by atoms with Gasteiger partial charge in [0.1, 0.15) is 0 Å². The van der Waals surface area contributed by atoms with Crippen molar-refractivity contribution < 1.29 is 19.1 Å². The molecular formula is C32H52O4. The molecule has 4 nitrogen and oxygen atoms in total. The lowest BCUT2D eigenvalue weighted by molar-refractivity contribution is -0.144. The topological polar surface area (TPSA) is 52.6 Å². The zero-order valence-electron chi connectivity index (χ0n) is 23.3. The highest BCUT2D eigenvalue weighted by Gasteiger charge is 2.02. The Kier molecular flexibility index (Phi) is 27.3. The fourth-order valence-corrected chi connectivity index (χ4v) is 3.85. The van der Waals surface area contributed by atoms with Crippen molar-refractivity contribution in [1.29, 1.82) is 0 Å². The summed E-state index contributed by atoms with van der Waals surface area (Å²) in [6.45, 7) is 4.76. The van der Waals surface area contributed by atoms with Crippen LogP contribution < -0.4 is 0 Å². The average molecular weight is 501 g/mol. The van der Waals surface area contributed by atoms with Gasteiger partial charge >= 0.3 is 11.9 Å². The second-order valence-corrected chi connectivity index (χ2v) is 9.33. The normalized spacial score (nSPS) is 10.4. The van der Waals surface area contributed by atoms with Crippen LogP contribution in [0.4, 0.5) is 0 Å². The van der Waals surface area contributed by atoms with Crippen molar-refractivity contribution in [3.8, 4) is 23.7 Å². The summed E-state index contributed by atoms with van der Waals surface area (Å²) in [7, 11) is 0. The molecule has 0 fully saturated rings. The molecule has 36 heavy (non-hydrogen) atoms. The second-order valence-electron chi connectivity index (χ2n) is 9.33. The van der Waals surface area contributed by atoms with E-state index in [0.717, 1.165) is 38.5 Å². The van der Waals surface area contributed by atoms with Crippen molar-refractivity contribution >= 4 is 11.9 Å². The SMILES string of the molecule is CC#CCCCCCCCCCCOC(=O)CC=CCC(=O)OCCCCCCCCCCC#CC. The van der Waals surface area contributed by atoms with Crippen molar-refractivity contribution in [3.63, 3.8) is 0 Å². The number of carbonyl (C=O) groups excluding carboxylic acids is 2. The molecule has 0 rings (SSSR count). The molecule has 0 atom stereocenters. The molecule has 0 aromatic heterocycles. The highest BCUT2D eigenvalue weighted by atomic mass is 16.5. The van der Waals surface area contributed by atoms with E-state index in [4.69, 9.17) is 9.47 Å². The van der Waals surface area contributed by atoms with Gasteiger partial charge in [-0.25, -0.2) is 0 Å². The maximum atomic E-state index is 11.8. The number of ether oxygens (including phenoxy) is 2. The summed E-state index contributed by atoms with van der Waals surface area (Å²) in [5, 5.41) is 0. The Morgan fingerprint density at radius 2 is 0.806 bits per heavy atom. The molecule has 0 aliphatic heterocycles. The van der Waals surface area contributed by atoms with E-state index in [2.05, 4.69) is 23.7 Å². The lowest BCUT2D eigenvalue weighted by Crippen LogP contribution is -2.05. The third kappa shape index (κ3) is 28.0. The number of rotatable bonds is 24. The molecule has 0 aliphatic carbocycles. The van der Waals surface area contributed by atoms with Crippen molar-refractivity contribution in [3.05, 3.63) is 12.2 Å². The van der Waals surface area contributed by atoms with Gasteiger partial charge in [0.25, 0.3) is 0 Å². The molecule has 0 unspecified atom stereocenters. The number of hydrogen-bond acceptors (Lipinski definition) is 4. The predicted octanol–water partition coefficient (Wildman–Crippen LogP) is 8.48. The summed E-state index contributed by atoms with van der Waals surface area (Å²) in [6, 6.07) is 0. The maximum Gasteiger partial charge on any atom is 0.309 e. The summed E-state index contributed by atoms with van der Waals surface area (Å²) in [5.74, 6) is 11.6. The Hall–Kier alpha value is -2.20. The van der Waals surface area contributed by atoms with E-state index >= 15 is 0 Å². The smallest absolute Gasteiger partial charge is 0.309 e. The largest absolute Gasteiger partial charge is 0.465 e. The molecule has 0 aliphatic rings. The van der Waals surface area contributed by atoms with Gasteiger partial charge in [-0.05, 0) is 39.5 Å². The number of unbranched alkanes of at least 4 members (excludes halogenated alkanes) is 16. The van der Waals surface area contributed by atoms with Crippen LogP contribution >= 0.6 is 0 Å². The molecule has 0 radical (unpaired) electrons. The molecule has 0 aromatic carbocycles. The fourth-order valence-electron chi connectivity index (χ4n) is 3.85. The third-order valence-electron chi connectivity index (χ3n) is 6.01. The second kappa shape index (κ2) is 29.0. The first-order valence-electron chi connectivity index (χ1n) is 14.5. The minimum Gasteiger partial charge on any atom is -0.465 e. The van der Waals surface area contributed by atoms with Crippen LogP contribution in [0.2, 0.25) is 0 Å². The van der Waals surface area contributed by atoms with Crippen LogP contribution in [-0.2, 0) is 19.1 Å². The standard InChI is InChI=1S/C32H52O4/c1-3-5-7-9-11-13-15-17-19-21-25-29-35-31(33)27-23-24-28-32(34)36-30-26-22-20-18-16-14-12-10-8-6-4-2/h23-24H,7-22,25-30H2,1-2H3. The van der Waals surface area contributed by atoms with Gasteiger partial charge in [-0.3, -0.25) is 9.59 Å². The lowest BCUT2D eigenvalue weighted by Gasteiger charge is -2.04. The summed E-state index contributed by atoms with van der Waals surface area (Å²) < 4.78 is 10.5. The van der Waals surface area contributed by atoms with Crippen LogP contribution in [0.5, 0.6) is 0 Å². The molecule has 0 heterocycles. The van der Waals surface area contributed by atoms with E-state index in [1.807, 2.05) is 13.8 Å². The Bertz CT molecular complexity index is 614.